The standard InChI is InChI=1S/C17H17N3O5S/c1-10(11-2-5-15-16(8-11)25-7-6-24-15)20-26(22,23)12-3-4-13-14(9-12)19-17(21)18-13/h2-5,8-10,20H,6-7H2,1H3,(H2,18,19,21)/t10-/m1/s1. The third kappa shape index (κ3) is 3.06. The van der Waals surface area contributed by atoms with Crippen LogP contribution in [0.5, 0.6) is 11.5 Å². The molecule has 136 valence electrons. The van der Waals surface area contributed by atoms with Gasteiger partial charge in [0.05, 0.1) is 15.9 Å². The Hall–Kier alpha value is -2.78. The maximum Gasteiger partial charge on any atom is 0.323 e. The monoisotopic (exact) mass is 375 g/mol. The smallest absolute Gasteiger partial charge is 0.323 e. The van der Waals surface area contributed by atoms with Gasteiger partial charge in [0.2, 0.25) is 10.0 Å². The minimum absolute atomic E-state index is 0.0737. The van der Waals surface area contributed by atoms with Crippen molar-refractivity contribution in [3.63, 3.8) is 0 Å². The van der Waals surface area contributed by atoms with Gasteiger partial charge in [-0.05, 0) is 42.8 Å². The topological polar surface area (TPSA) is 113 Å². The molecule has 0 fully saturated rings. The van der Waals surface area contributed by atoms with Gasteiger partial charge in [0.15, 0.2) is 11.5 Å². The van der Waals surface area contributed by atoms with Gasteiger partial charge in [-0.2, -0.15) is 0 Å². The van der Waals surface area contributed by atoms with E-state index in [1.807, 2.05) is 0 Å². The Balaban J connectivity index is 1.60. The number of ether oxygens (including phenoxy) is 2. The van der Waals surface area contributed by atoms with E-state index in [2.05, 4.69) is 14.7 Å². The molecule has 2 heterocycles. The van der Waals surface area contributed by atoms with Gasteiger partial charge in [-0.1, -0.05) is 6.07 Å². The Labute approximate surface area is 149 Å². The van der Waals surface area contributed by atoms with Crippen molar-refractivity contribution >= 4 is 21.1 Å². The molecule has 0 radical (unpaired) electrons. The first-order valence-electron chi connectivity index (χ1n) is 8.06. The Morgan fingerprint density at radius 2 is 1.73 bits per heavy atom. The molecule has 0 spiro atoms. The van der Waals surface area contributed by atoms with E-state index in [4.69, 9.17) is 9.47 Å². The number of benzene rings is 2. The zero-order valence-electron chi connectivity index (χ0n) is 13.9. The maximum absolute atomic E-state index is 12.7. The molecule has 1 atom stereocenters. The Bertz CT molecular complexity index is 1130. The number of imidazole rings is 1. The fourth-order valence-corrected chi connectivity index (χ4v) is 4.13. The molecule has 0 saturated carbocycles. The highest BCUT2D eigenvalue weighted by molar-refractivity contribution is 7.89. The summed E-state index contributed by atoms with van der Waals surface area (Å²) in [6, 6.07) is 9.29. The summed E-state index contributed by atoms with van der Waals surface area (Å²) in [6.07, 6.45) is 0. The molecule has 1 aliphatic heterocycles. The Morgan fingerprint density at radius 1 is 1.00 bits per heavy atom. The summed E-state index contributed by atoms with van der Waals surface area (Å²) in [6.45, 7) is 2.71. The first-order chi connectivity index (χ1) is 12.4. The van der Waals surface area contributed by atoms with Crippen LogP contribution in [0.4, 0.5) is 0 Å². The van der Waals surface area contributed by atoms with Crippen LogP contribution in [-0.4, -0.2) is 31.6 Å². The van der Waals surface area contributed by atoms with Crippen molar-refractivity contribution in [1.82, 2.24) is 14.7 Å². The third-order valence-electron chi connectivity index (χ3n) is 4.20. The van der Waals surface area contributed by atoms with Gasteiger partial charge >= 0.3 is 5.69 Å². The number of hydrogen-bond acceptors (Lipinski definition) is 5. The Morgan fingerprint density at radius 3 is 2.54 bits per heavy atom. The summed E-state index contributed by atoms with van der Waals surface area (Å²) in [4.78, 5) is 16.5. The van der Waals surface area contributed by atoms with Crippen LogP contribution in [0, 0.1) is 0 Å². The number of sulfonamides is 1. The van der Waals surface area contributed by atoms with Crippen molar-refractivity contribution in [1.29, 1.82) is 0 Å². The van der Waals surface area contributed by atoms with Gasteiger partial charge in [-0.3, -0.25) is 0 Å². The molecular weight excluding hydrogens is 358 g/mol. The zero-order valence-corrected chi connectivity index (χ0v) is 14.7. The maximum atomic E-state index is 12.7. The first-order valence-corrected chi connectivity index (χ1v) is 9.55. The molecule has 9 heteroatoms. The van der Waals surface area contributed by atoms with Crippen molar-refractivity contribution in [2.24, 2.45) is 0 Å². The SMILES string of the molecule is C[C@@H](NS(=O)(=O)c1ccc2[nH]c(=O)[nH]c2c1)c1ccc2c(c1)OCCO2. The van der Waals surface area contributed by atoms with Gasteiger partial charge in [0, 0.05) is 6.04 Å². The van der Waals surface area contributed by atoms with Crippen molar-refractivity contribution in [2.75, 3.05) is 13.2 Å². The molecule has 4 rings (SSSR count). The molecule has 8 nitrogen and oxygen atoms in total. The number of hydrogen-bond donors (Lipinski definition) is 3. The molecule has 1 aliphatic rings. The van der Waals surface area contributed by atoms with Gasteiger partial charge in [0.25, 0.3) is 0 Å². The summed E-state index contributed by atoms with van der Waals surface area (Å²) in [5.74, 6) is 1.25. The van der Waals surface area contributed by atoms with Crippen molar-refractivity contribution in [2.45, 2.75) is 17.9 Å². The van der Waals surface area contributed by atoms with E-state index in [-0.39, 0.29) is 10.6 Å². The number of aromatic nitrogens is 2. The molecule has 3 N–H and O–H groups in total. The summed E-state index contributed by atoms with van der Waals surface area (Å²) in [7, 11) is -3.77. The first kappa shape index (κ1) is 16.7. The minimum Gasteiger partial charge on any atom is -0.486 e. The predicted octanol–water partition coefficient (Wildman–Crippen LogP) is 1.67. The average molecular weight is 375 g/mol. The van der Waals surface area contributed by atoms with Gasteiger partial charge in [0.1, 0.15) is 13.2 Å². The van der Waals surface area contributed by atoms with Crippen LogP contribution in [0.2, 0.25) is 0 Å². The highest BCUT2D eigenvalue weighted by atomic mass is 32.2. The second-order valence-corrected chi connectivity index (χ2v) is 7.75. The minimum atomic E-state index is -3.77. The van der Waals surface area contributed by atoms with Crippen LogP contribution in [0.25, 0.3) is 11.0 Å². The average Bonchev–Trinajstić information content (AvgIpc) is 3.00. The normalized spacial score (nSPS) is 15.1. The summed E-state index contributed by atoms with van der Waals surface area (Å²) < 4.78 is 39.0. The molecule has 0 bridgehead atoms. The molecule has 0 aliphatic carbocycles. The molecule has 0 amide bonds. The van der Waals surface area contributed by atoms with Crippen LogP contribution < -0.4 is 19.9 Å². The lowest BCUT2D eigenvalue weighted by Crippen LogP contribution is -2.27. The third-order valence-corrected chi connectivity index (χ3v) is 5.73. The number of rotatable bonds is 4. The number of fused-ring (bicyclic) bond motifs is 2. The van der Waals surface area contributed by atoms with Crippen LogP contribution in [0.3, 0.4) is 0 Å². The zero-order chi connectivity index (χ0) is 18.3. The molecule has 2 aromatic carbocycles. The summed E-state index contributed by atoms with van der Waals surface area (Å²) >= 11 is 0. The second kappa shape index (κ2) is 6.19. The largest absolute Gasteiger partial charge is 0.486 e. The van der Waals surface area contributed by atoms with Crippen LogP contribution >= 0.6 is 0 Å². The molecule has 0 saturated heterocycles. The number of H-pyrrole nitrogens is 2. The van der Waals surface area contributed by atoms with E-state index in [1.54, 1.807) is 31.2 Å². The van der Waals surface area contributed by atoms with Gasteiger partial charge < -0.3 is 19.4 Å². The quantitative estimate of drug-likeness (QED) is 0.642. The highest BCUT2D eigenvalue weighted by Gasteiger charge is 2.21. The summed E-state index contributed by atoms with van der Waals surface area (Å²) in [5.41, 5.74) is 1.36. The van der Waals surface area contributed by atoms with Crippen molar-refractivity contribution < 1.29 is 17.9 Å². The van der Waals surface area contributed by atoms with Crippen LogP contribution in [-0.2, 0) is 10.0 Å². The lowest BCUT2D eigenvalue weighted by molar-refractivity contribution is 0.171. The van der Waals surface area contributed by atoms with E-state index in [9.17, 15) is 13.2 Å². The molecule has 26 heavy (non-hydrogen) atoms. The van der Waals surface area contributed by atoms with E-state index in [1.165, 1.54) is 12.1 Å². The van der Waals surface area contributed by atoms with Crippen LogP contribution in [0.15, 0.2) is 46.1 Å². The van der Waals surface area contributed by atoms with Crippen molar-refractivity contribution in [3.8, 4) is 11.5 Å². The fourth-order valence-electron chi connectivity index (χ4n) is 2.88. The van der Waals surface area contributed by atoms with Crippen LogP contribution in [0.1, 0.15) is 18.5 Å². The van der Waals surface area contributed by atoms with Crippen molar-refractivity contribution in [3.05, 3.63) is 52.4 Å². The Kier molecular flexibility index (Phi) is 3.97. The molecule has 3 aromatic rings. The predicted molar refractivity (Wildman–Crippen MR) is 95.1 cm³/mol. The lowest BCUT2D eigenvalue weighted by Gasteiger charge is -2.21. The summed E-state index contributed by atoms with van der Waals surface area (Å²) in [5, 5.41) is 0. The van der Waals surface area contributed by atoms with Gasteiger partial charge in [-0.25, -0.2) is 17.9 Å². The molecule has 0 unspecified atom stereocenters. The second-order valence-electron chi connectivity index (χ2n) is 6.03. The van der Waals surface area contributed by atoms with E-state index in [0.717, 1.165) is 5.56 Å². The number of nitrogens with one attached hydrogen (secondary N) is 3. The van der Waals surface area contributed by atoms with E-state index < -0.39 is 16.1 Å². The van der Waals surface area contributed by atoms with E-state index in [0.29, 0.717) is 35.7 Å². The molecule has 1 aromatic heterocycles. The fraction of sp³-hybridized carbons (Fsp3) is 0.235. The lowest BCUT2D eigenvalue weighted by atomic mass is 10.1. The molecular formula is C17H17N3O5S. The highest BCUT2D eigenvalue weighted by Crippen LogP contribution is 2.33. The van der Waals surface area contributed by atoms with E-state index >= 15 is 0 Å². The number of aromatic amines is 2. The van der Waals surface area contributed by atoms with Gasteiger partial charge in [-0.15, -0.1) is 0 Å².